The summed E-state index contributed by atoms with van der Waals surface area (Å²) in [7, 11) is 1.53. The van der Waals surface area contributed by atoms with E-state index in [2.05, 4.69) is 16.0 Å². The van der Waals surface area contributed by atoms with E-state index in [0.29, 0.717) is 11.4 Å². The van der Waals surface area contributed by atoms with Gasteiger partial charge in [-0.3, -0.25) is 4.79 Å². The van der Waals surface area contributed by atoms with E-state index >= 15 is 0 Å². The Balaban J connectivity index is 2.12. The number of ether oxygens (including phenoxy) is 1. The summed E-state index contributed by atoms with van der Waals surface area (Å²) in [6, 6.07) is 13.7. The Morgan fingerprint density at radius 3 is 2.33 bits per heavy atom. The molecule has 0 unspecified atom stereocenters. The van der Waals surface area contributed by atoms with Crippen LogP contribution < -0.4 is 20.7 Å². The molecule has 0 bridgehead atoms. The number of carbonyl (C=O) groups is 1. The molecule has 1 amide bonds. The number of rotatable bonds is 5. The van der Waals surface area contributed by atoms with Crippen molar-refractivity contribution in [3.63, 3.8) is 0 Å². The van der Waals surface area contributed by atoms with Gasteiger partial charge in [-0.05, 0) is 36.5 Å². The molecule has 0 fully saturated rings. The molecule has 5 nitrogen and oxygen atoms in total. The number of thiocarbonyl (C=S) groups is 1. The number of methoxy groups -OCH3 is 1. The summed E-state index contributed by atoms with van der Waals surface area (Å²) < 4.78 is 3.36. The Bertz CT molecular complexity index is 830. The molecule has 144 valence electrons. The Kier molecular flexibility index (Phi) is 7.82. The van der Waals surface area contributed by atoms with Crippen molar-refractivity contribution < 1.29 is 9.53 Å². The minimum absolute atomic E-state index is 0.121. The van der Waals surface area contributed by atoms with Gasteiger partial charge in [0.15, 0.2) is 5.11 Å². The fraction of sp³-hybridized carbons (Fsp3) is 0.176. The molecule has 10 heteroatoms. The normalized spacial score (nSPS) is 12.0. The number of alkyl halides is 3. The predicted octanol–water partition coefficient (Wildman–Crippen LogP) is 4.76. The van der Waals surface area contributed by atoms with Crippen LogP contribution in [0.2, 0.25) is 5.02 Å². The Hall–Kier alpha value is -1.44. The van der Waals surface area contributed by atoms with E-state index in [-0.39, 0.29) is 15.7 Å². The van der Waals surface area contributed by atoms with Crippen molar-refractivity contribution in [1.29, 1.82) is 0 Å². The summed E-state index contributed by atoms with van der Waals surface area (Å²) in [5.74, 6) is 0.0525. The maximum Gasteiger partial charge on any atom is 0.254 e. The highest BCUT2D eigenvalue weighted by Crippen LogP contribution is 2.30. The van der Waals surface area contributed by atoms with Crippen LogP contribution in [-0.2, 0) is 0 Å². The zero-order valence-electron chi connectivity index (χ0n) is 13.9. The van der Waals surface area contributed by atoms with Gasteiger partial charge >= 0.3 is 0 Å². The van der Waals surface area contributed by atoms with Gasteiger partial charge in [0.05, 0.1) is 23.4 Å². The van der Waals surface area contributed by atoms with E-state index in [1.807, 2.05) is 6.07 Å². The van der Waals surface area contributed by atoms with Gasteiger partial charge in [0, 0.05) is 0 Å². The Morgan fingerprint density at radius 2 is 1.70 bits per heavy atom. The molecule has 0 saturated carbocycles. The number of nitrogens with one attached hydrogen (secondary N) is 3. The molecule has 2 rings (SSSR count). The van der Waals surface area contributed by atoms with E-state index in [0.717, 1.165) is 0 Å². The average Bonchev–Trinajstić information content (AvgIpc) is 2.61. The van der Waals surface area contributed by atoms with Crippen LogP contribution in [0.4, 0.5) is 5.69 Å². The molecule has 2 aromatic carbocycles. The summed E-state index contributed by atoms with van der Waals surface area (Å²) in [5.41, 5.74) is 0.849. The molecule has 0 aliphatic carbocycles. The third kappa shape index (κ3) is 6.30. The van der Waals surface area contributed by atoms with Crippen molar-refractivity contribution in [2.24, 2.45) is 0 Å². The van der Waals surface area contributed by atoms with E-state index in [1.165, 1.54) is 7.11 Å². The number of amides is 1. The van der Waals surface area contributed by atoms with E-state index in [4.69, 9.17) is 63.4 Å². The number of anilines is 1. The quantitative estimate of drug-likeness (QED) is 0.337. The standard InChI is InChI=1S/C17H15Cl4N3O2S/c1-26-13-9-5-4-8-12(13)22-16(27)24-15(17(19,20)21)23-14(25)10-6-2-3-7-11(10)18/h2-9,15H,1H3,(H,23,25)(H2,22,24,27)/t15-/m0/s1. The monoisotopic (exact) mass is 465 g/mol. The second-order valence-electron chi connectivity index (χ2n) is 5.23. The lowest BCUT2D eigenvalue weighted by Crippen LogP contribution is -2.56. The van der Waals surface area contributed by atoms with Gasteiger partial charge in [0.25, 0.3) is 5.91 Å². The zero-order valence-corrected chi connectivity index (χ0v) is 17.8. The molecular weight excluding hydrogens is 452 g/mol. The van der Waals surface area contributed by atoms with Gasteiger partial charge in [0.1, 0.15) is 11.9 Å². The van der Waals surface area contributed by atoms with Gasteiger partial charge in [-0.25, -0.2) is 0 Å². The van der Waals surface area contributed by atoms with E-state index in [9.17, 15) is 4.79 Å². The maximum atomic E-state index is 12.5. The smallest absolute Gasteiger partial charge is 0.254 e. The van der Waals surface area contributed by atoms with Gasteiger partial charge in [-0.1, -0.05) is 70.7 Å². The van der Waals surface area contributed by atoms with Gasteiger partial charge in [-0.2, -0.15) is 0 Å². The zero-order chi connectivity index (χ0) is 20.0. The van der Waals surface area contributed by atoms with Crippen LogP contribution in [-0.4, -0.2) is 28.1 Å². The number of halogens is 4. The molecule has 3 N–H and O–H groups in total. The SMILES string of the molecule is COc1ccccc1NC(=S)N[C@H](NC(=O)c1ccccc1Cl)C(Cl)(Cl)Cl. The maximum absolute atomic E-state index is 12.5. The highest BCUT2D eigenvalue weighted by atomic mass is 35.6. The molecular formula is C17H15Cl4N3O2S. The van der Waals surface area contributed by atoms with Gasteiger partial charge in [-0.15, -0.1) is 0 Å². The van der Waals surface area contributed by atoms with Crippen LogP contribution in [0, 0.1) is 0 Å². The lowest BCUT2D eigenvalue weighted by Gasteiger charge is -2.28. The first kappa shape index (κ1) is 21.9. The fourth-order valence-corrected chi connectivity index (χ4v) is 2.87. The van der Waals surface area contributed by atoms with E-state index < -0.39 is 15.9 Å². The van der Waals surface area contributed by atoms with Crippen LogP contribution >= 0.6 is 58.6 Å². The predicted molar refractivity (Wildman–Crippen MR) is 115 cm³/mol. The number of hydrogen-bond donors (Lipinski definition) is 3. The van der Waals surface area contributed by atoms with Gasteiger partial charge in [0.2, 0.25) is 3.79 Å². The third-order valence-corrected chi connectivity index (χ3v) is 4.56. The van der Waals surface area contributed by atoms with Crippen molar-refractivity contribution in [2.45, 2.75) is 9.96 Å². The van der Waals surface area contributed by atoms with Crippen molar-refractivity contribution in [2.75, 3.05) is 12.4 Å². The second-order valence-corrected chi connectivity index (χ2v) is 8.41. The second kappa shape index (κ2) is 9.66. The van der Waals surface area contributed by atoms with Crippen molar-refractivity contribution in [3.8, 4) is 5.75 Å². The molecule has 0 spiro atoms. The molecule has 0 aliphatic rings. The first-order valence-electron chi connectivity index (χ1n) is 7.55. The van der Waals surface area contributed by atoms with Crippen molar-refractivity contribution in [1.82, 2.24) is 10.6 Å². The first-order chi connectivity index (χ1) is 12.7. The minimum atomic E-state index is -1.89. The molecule has 1 atom stereocenters. The molecule has 0 saturated heterocycles. The molecule has 0 radical (unpaired) electrons. The summed E-state index contributed by atoms with van der Waals surface area (Å²) >= 11 is 29.2. The lowest BCUT2D eigenvalue weighted by atomic mass is 10.2. The lowest BCUT2D eigenvalue weighted by molar-refractivity contribution is 0.0934. The van der Waals surface area contributed by atoms with Crippen molar-refractivity contribution in [3.05, 3.63) is 59.1 Å². The van der Waals surface area contributed by atoms with Crippen LogP contribution in [0.3, 0.4) is 0 Å². The topological polar surface area (TPSA) is 62.4 Å². The average molecular weight is 467 g/mol. The van der Waals surface area contributed by atoms with Gasteiger partial charge < -0.3 is 20.7 Å². The Morgan fingerprint density at radius 1 is 1.07 bits per heavy atom. The minimum Gasteiger partial charge on any atom is -0.495 e. The van der Waals surface area contributed by atoms with Crippen LogP contribution in [0.25, 0.3) is 0 Å². The third-order valence-electron chi connectivity index (χ3n) is 3.35. The number of hydrogen-bond acceptors (Lipinski definition) is 3. The van der Waals surface area contributed by atoms with E-state index in [1.54, 1.807) is 42.5 Å². The summed E-state index contributed by atoms with van der Waals surface area (Å²) in [6.07, 6.45) is -1.12. The molecule has 0 aromatic heterocycles. The Labute approximate surface area is 182 Å². The highest BCUT2D eigenvalue weighted by Gasteiger charge is 2.35. The van der Waals surface area contributed by atoms with Crippen LogP contribution in [0.15, 0.2) is 48.5 Å². The fourth-order valence-electron chi connectivity index (χ4n) is 2.09. The first-order valence-corrected chi connectivity index (χ1v) is 9.47. The van der Waals surface area contributed by atoms with Crippen molar-refractivity contribution >= 4 is 75.3 Å². The number of benzene rings is 2. The summed E-state index contributed by atoms with van der Waals surface area (Å²) in [6.45, 7) is 0. The van der Waals surface area contributed by atoms with Crippen LogP contribution in [0.1, 0.15) is 10.4 Å². The summed E-state index contributed by atoms with van der Waals surface area (Å²) in [5, 5.41) is 8.66. The largest absolute Gasteiger partial charge is 0.495 e. The molecule has 27 heavy (non-hydrogen) atoms. The van der Waals surface area contributed by atoms with Crippen LogP contribution in [0.5, 0.6) is 5.75 Å². The molecule has 0 heterocycles. The molecule has 0 aliphatic heterocycles. The summed E-state index contributed by atoms with van der Waals surface area (Å²) in [4.78, 5) is 12.5. The highest BCUT2D eigenvalue weighted by molar-refractivity contribution is 7.80. The number of para-hydroxylation sites is 2. The number of carbonyl (C=O) groups excluding carboxylic acids is 1. The molecule has 2 aromatic rings.